The van der Waals surface area contributed by atoms with Crippen molar-refractivity contribution < 1.29 is 5.11 Å². The molecule has 1 aromatic heterocycles. The fraction of sp³-hybridized carbons (Fsp3) is 0.625. The Morgan fingerprint density at radius 2 is 2.45 bits per heavy atom. The molecule has 1 rings (SSSR count). The number of aromatic nitrogens is 2. The standard InChI is InChI=1S/C8H14N2O/c1-6(11)3-4-8-7(2)9-5-10-8/h5-6,11H,3-4H2,1-2H3,(H,9,10). The van der Waals surface area contributed by atoms with Crippen LogP contribution >= 0.6 is 0 Å². The summed E-state index contributed by atoms with van der Waals surface area (Å²) >= 11 is 0. The molecule has 0 amide bonds. The number of hydrogen-bond donors (Lipinski definition) is 2. The molecular weight excluding hydrogens is 140 g/mol. The van der Waals surface area contributed by atoms with Crippen LogP contribution in [-0.4, -0.2) is 21.2 Å². The van der Waals surface area contributed by atoms with Crippen LogP contribution < -0.4 is 0 Å². The Hall–Kier alpha value is -0.830. The fourth-order valence-corrected chi connectivity index (χ4v) is 0.985. The van der Waals surface area contributed by atoms with E-state index in [1.54, 1.807) is 13.3 Å². The summed E-state index contributed by atoms with van der Waals surface area (Å²) in [6.07, 6.45) is 3.09. The zero-order valence-corrected chi connectivity index (χ0v) is 6.96. The Labute approximate surface area is 66.5 Å². The molecule has 0 aliphatic carbocycles. The van der Waals surface area contributed by atoms with Crippen LogP contribution in [0, 0.1) is 6.92 Å². The number of nitrogens with one attached hydrogen (secondary N) is 1. The van der Waals surface area contributed by atoms with Crippen molar-refractivity contribution in [3.63, 3.8) is 0 Å². The number of H-pyrrole nitrogens is 1. The number of nitrogens with zero attached hydrogens (tertiary/aromatic N) is 1. The van der Waals surface area contributed by atoms with Gasteiger partial charge in [-0.3, -0.25) is 0 Å². The van der Waals surface area contributed by atoms with Crippen molar-refractivity contribution >= 4 is 0 Å². The predicted molar refractivity (Wildman–Crippen MR) is 43.3 cm³/mol. The van der Waals surface area contributed by atoms with E-state index in [1.807, 2.05) is 6.92 Å². The van der Waals surface area contributed by atoms with Crippen LogP contribution in [-0.2, 0) is 6.42 Å². The van der Waals surface area contributed by atoms with Crippen LogP contribution in [0.15, 0.2) is 6.33 Å². The van der Waals surface area contributed by atoms with E-state index >= 15 is 0 Å². The van der Waals surface area contributed by atoms with E-state index in [2.05, 4.69) is 9.97 Å². The first-order valence-electron chi connectivity index (χ1n) is 3.87. The summed E-state index contributed by atoms with van der Waals surface area (Å²) in [5.74, 6) is 0. The van der Waals surface area contributed by atoms with Gasteiger partial charge in [0.2, 0.25) is 0 Å². The minimum absolute atomic E-state index is 0.230. The van der Waals surface area contributed by atoms with E-state index in [0.717, 1.165) is 24.2 Å². The van der Waals surface area contributed by atoms with Crippen LogP contribution in [0.2, 0.25) is 0 Å². The van der Waals surface area contributed by atoms with Gasteiger partial charge in [0.15, 0.2) is 0 Å². The van der Waals surface area contributed by atoms with Crippen molar-refractivity contribution in [1.82, 2.24) is 9.97 Å². The molecule has 0 aliphatic heterocycles. The maximum Gasteiger partial charge on any atom is 0.0925 e. The van der Waals surface area contributed by atoms with E-state index in [-0.39, 0.29) is 6.10 Å². The third-order valence-corrected chi connectivity index (χ3v) is 1.73. The van der Waals surface area contributed by atoms with Gasteiger partial charge in [-0.25, -0.2) is 4.98 Å². The van der Waals surface area contributed by atoms with E-state index in [0.29, 0.717) is 0 Å². The Bertz CT molecular complexity index is 218. The monoisotopic (exact) mass is 154 g/mol. The van der Waals surface area contributed by atoms with Crippen molar-refractivity contribution in [2.45, 2.75) is 32.8 Å². The zero-order valence-electron chi connectivity index (χ0n) is 6.96. The molecule has 11 heavy (non-hydrogen) atoms. The van der Waals surface area contributed by atoms with Crippen molar-refractivity contribution in [3.8, 4) is 0 Å². The third-order valence-electron chi connectivity index (χ3n) is 1.73. The molecule has 0 aromatic carbocycles. The molecule has 3 heteroatoms. The maximum atomic E-state index is 9.00. The number of aliphatic hydroxyl groups excluding tert-OH is 1. The highest BCUT2D eigenvalue weighted by Crippen LogP contribution is 2.05. The molecule has 1 aromatic rings. The Morgan fingerprint density at radius 3 is 2.91 bits per heavy atom. The summed E-state index contributed by atoms with van der Waals surface area (Å²) in [6.45, 7) is 3.78. The number of aromatic amines is 1. The molecule has 1 heterocycles. The minimum atomic E-state index is -0.230. The van der Waals surface area contributed by atoms with Crippen molar-refractivity contribution in [1.29, 1.82) is 0 Å². The van der Waals surface area contributed by atoms with Gasteiger partial charge in [-0.05, 0) is 26.7 Å². The number of imidazole rings is 1. The molecule has 62 valence electrons. The van der Waals surface area contributed by atoms with Gasteiger partial charge < -0.3 is 10.1 Å². The number of aliphatic hydroxyl groups is 1. The normalized spacial score (nSPS) is 13.4. The highest BCUT2D eigenvalue weighted by molar-refractivity contribution is 5.08. The van der Waals surface area contributed by atoms with Gasteiger partial charge in [-0.15, -0.1) is 0 Å². The summed E-state index contributed by atoms with van der Waals surface area (Å²) in [5.41, 5.74) is 2.16. The lowest BCUT2D eigenvalue weighted by molar-refractivity contribution is 0.184. The number of rotatable bonds is 3. The molecule has 0 saturated carbocycles. The van der Waals surface area contributed by atoms with E-state index in [9.17, 15) is 0 Å². The van der Waals surface area contributed by atoms with Crippen molar-refractivity contribution in [3.05, 3.63) is 17.7 Å². The molecule has 0 fully saturated rings. The molecule has 0 saturated heterocycles. The SMILES string of the molecule is Cc1[nH]cnc1CCC(C)O. The summed E-state index contributed by atoms with van der Waals surface area (Å²) in [5, 5.41) is 9.00. The Morgan fingerprint density at radius 1 is 1.73 bits per heavy atom. The molecule has 1 atom stereocenters. The Balaban J connectivity index is 2.44. The quantitative estimate of drug-likeness (QED) is 0.683. The molecule has 2 N–H and O–H groups in total. The first kappa shape index (κ1) is 8.27. The van der Waals surface area contributed by atoms with Crippen molar-refractivity contribution in [2.24, 2.45) is 0 Å². The Kier molecular flexibility index (Phi) is 2.65. The van der Waals surface area contributed by atoms with Crippen molar-refractivity contribution in [2.75, 3.05) is 0 Å². The van der Waals surface area contributed by atoms with Crippen LogP contribution in [0.1, 0.15) is 24.7 Å². The average molecular weight is 154 g/mol. The lowest BCUT2D eigenvalue weighted by Gasteiger charge is -2.01. The third kappa shape index (κ3) is 2.35. The number of hydrogen-bond acceptors (Lipinski definition) is 2. The van der Waals surface area contributed by atoms with Gasteiger partial charge in [0.1, 0.15) is 0 Å². The first-order valence-corrected chi connectivity index (χ1v) is 3.87. The minimum Gasteiger partial charge on any atom is -0.393 e. The van der Waals surface area contributed by atoms with E-state index in [1.165, 1.54) is 0 Å². The highest BCUT2D eigenvalue weighted by atomic mass is 16.3. The molecule has 0 aliphatic rings. The lowest BCUT2D eigenvalue weighted by atomic mass is 10.1. The van der Waals surface area contributed by atoms with E-state index < -0.39 is 0 Å². The second kappa shape index (κ2) is 3.53. The average Bonchev–Trinajstić information content (AvgIpc) is 2.31. The van der Waals surface area contributed by atoms with Gasteiger partial charge in [-0.2, -0.15) is 0 Å². The summed E-state index contributed by atoms with van der Waals surface area (Å²) in [7, 11) is 0. The number of aryl methyl sites for hydroxylation is 2. The van der Waals surface area contributed by atoms with Crippen LogP contribution in [0.4, 0.5) is 0 Å². The molecule has 0 radical (unpaired) electrons. The van der Waals surface area contributed by atoms with Gasteiger partial charge in [0.25, 0.3) is 0 Å². The highest BCUT2D eigenvalue weighted by Gasteiger charge is 2.02. The second-order valence-corrected chi connectivity index (χ2v) is 2.86. The summed E-state index contributed by atoms with van der Waals surface area (Å²) in [6, 6.07) is 0. The predicted octanol–water partition coefficient (Wildman–Crippen LogP) is 1.03. The first-order chi connectivity index (χ1) is 5.20. The molecule has 1 unspecified atom stereocenters. The molecule has 3 nitrogen and oxygen atoms in total. The maximum absolute atomic E-state index is 9.00. The zero-order chi connectivity index (χ0) is 8.27. The molecular formula is C8H14N2O. The van der Waals surface area contributed by atoms with Gasteiger partial charge >= 0.3 is 0 Å². The largest absolute Gasteiger partial charge is 0.393 e. The second-order valence-electron chi connectivity index (χ2n) is 2.86. The summed E-state index contributed by atoms with van der Waals surface area (Å²) in [4.78, 5) is 7.12. The summed E-state index contributed by atoms with van der Waals surface area (Å²) < 4.78 is 0. The smallest absolute Gasteiger partial charge is 0.0925 e. The van der Waals surface area contributed by atoms with Gasteiger partial charge in [0.05, 0.1) is 18.1 Å². The lowest BCUT2D eigenvalue weighted by Crippen LogP contribution is -2.02. The molecule has 0 spiro atoms. The van der Waals surface area contributed by atoms with Gasteiger partial charge in [-0.1, -0.05) is 0 Å². The topological polar surface area (TPSA) is 48.9 Å². The van der Waals surface area contributed by atoms with Crippen LogP contribution in [0.5, 0.6) is 0 Å². The van der Waals surface area contributed by atoms with Crippen LogP contribution in [0.3, 0.4) is 0 Å². The van der Waals surface area contributed by atoms with Crippen LogP contribution in [0.25, 0.3) is 0 Å². The fourth-order valence-electron chi connectivity index (χ4n) is 0.985. The molecule has 0 bridgehead atoms. The van der Waals surface area contributed by atoms with E-state index in [4.69, 9.17) is 5.11 Å². The van der Waals surface area contributed by atoms with Gasteiger partial charge in [0, 0.05) is 5.69 Å².